The molecule has 0 aliphatic carbocycles. The lowest BCUT2D eigenvalue weighted by molar-refractivity contribution is 0.752. The third-order valence-electron chi connectivity index (χ3n) is 2.30. The van der Waals surface area contributed by atoms with Crippen molar-refractivity contribution >= 4 is 17.3 Å². The van der Waals surface area contributed by atoms with Crippen molar-refractivity contribution in [3.63, 3.8) is 0 Å². The monoisotopic (exact) mass is 192 g/mol. The van der Waals surface area contributed by atoms with E-state index in [1.54, 1.807) is 0 Å². The molecule has 1 atom stereocenters. The zero-order valence-electron chi connectivity index (χ0n) is 7.05. The van der Waals surface area contributed by atoms with Crippen LogP contribution in [0.15, 0.2) is 18.2 Å². The Balaban J connectivity index is 2.47. The highest BCUT2D eigenvalue weighted by Gasteiger charge is 2.18. The number of nitrogens with one attached hydrogen (secondary N) is 1. The SMILES string of the molecule is N#CC1CCNc2cc(Cl)ccc21. The van der Waals surface area contributed by atoms with Crippen molar-refractivity contribution in [2.24, 2.45) is 0 Å². The number of benzene rings is 1. The predicted molar refractivity (Wildman–Crippen MR) is 52.9 cm³/mol. The first-order valence-corrected chi connectivity index (χ1v) is 4.62. The molecule has 0 radical (unpaired) electrons. The predicted octanol–water partition coefficient (Wildman–Crippen LogP) is 2.76. The molecular weight excluding hydrogens is 184 g/mol. The molecule has 0 fully saturated rings. The van der Waals surface area contributed by atoms with Gasteiger partial charge in [-0.15, -0.1) is 0 Å². The molecule has 0 amide bonds. The Morgan fingerprint density at radius 1 is 1.54 bits per heavy atom. The van der Waals surface area contributed by atoms with Gasteiger partial charge in [-0.2, -0.15) is 5.26 Å². The summed E-state index contributed by atoms with van der Waals surface area (Å²) in [5, 5.41) is 12.8. The molecule has 2 rings (SSSR count). The third-order valence-corrected chi connectivity index (χ3v) is 2.53. The lowest BCUT2D eigenvalue weighted by Gasteiger charge is -2.21. The summed E-state index contributed by atoms with van der Waals surface area (Å²) < 4.78 is 0. The highest BCUT2D eigenvalue weighted by atomic mass is 35.5. The van der Waals surface area contributed by atoms with Gasteiger partial charge in [-0.3, -0.25) is 0 Å². The van der Waals surface area contributed by atoms with Gasteiger partial charge in [0, 0.05) is 17.3 Å². The van der Waals surface area contributed by atoms with E-state index in [0.29, 0.717) is 5.02 Å². The molecule has 0 saturated carbocycles. The summed E-state index contributed by atoms with van der Waals surface area (Å²) in [6, 6.07) is 7.93. The summed E-state index contributed by atoms with van der Waals surface area (Å²) in [5.74, 6) is 0.0218. The lowest BCUT2D eigenvalue weighted by atomic mass is 9.92. The fourth-order valence-electron chi connectivity index (χ4n) is 1.63. The first kappa shape index (κ1) is 8.40. The molecule has 13 heavy (non-hydrogen) atoms. The maximum atomic E-state index is 8.90. The number of nitriles is 1. The van der Waals surface area contributed by atoms with Crippen molar-refractivity contribution in [3.8, 4) is 6.07 Å². The zero-order valence-corrected chi connectivity index (χ0v) is 7.80. The quantitative estimate of drug-likeness (QED) is 0.686. The van der Waals surface area contributed by atoms with E-state index in [2.05, 4.69) is 11.4 Å². The molecule has 1 heterocycles. The third kappa shape index (κ3) is 1.48. The number of hydrogen-bond acceptors (Lipinski definition) is 2. The molecule has 3 heteroatoms. The Bertz CT molecular complexity index is 368. The van der Waals surface area contributed by atoms with E-state index in [-0.39, 0.29) is 5.92 Å². The molecule has 1 aliphatic rings. The topological polar surface area (TPSA) is 35.8 Å². The molecule has 0 spiro atoms. The Morgan fingerprint density at radius 3 is 3.15 bits per heavy atom. The smallest absolute Gasteiger partial charge is 0.0749 e. The molecular formula is C10H9ClN2. The standard InChI is InChI=1S/C10H9ClN2/c11-8-1-2-9-7(6-12)3-4-13-10(9)5-8/h1-2,5,7,13H,3-4H2. The fourth-order valence-corrected chi connectivity index (χ4v) is 1.80. The van der Waals surface area contributed by atoms with Crippen LogP contribution < -0.4 is 5.32 Å². The maximum Gasteiger partial charge on any atom is 0.0749 e. The first-order chi connectivity index (χ1) is 6.31. The highest BCUT2D eigenvalue weighted by Crippen LogP contribution is 2.32. The number of halogens is 1. The van der Waals surface area contributed by atoms with E-state index in [9.17, 15) is 0 Å². The summed E-state index contributed by atoms with van der Waals surface area (Å²) in [4.78, 5) is 0. The largest absolute Gasteiger partial charge is 0.385 e. The second-order valence-electron chi connectivity index (χ2n) is 3.13. The van der Waals surface area contributed by atoms with Crippen molar-refractivity contribution in [2.75, 3.05) is 11.9 Å². The summed E-state index contributed by atoms with van der Waals surface area (Å²) in [6.45, 7) is 0.853. The minimum absolute atomic E-state index is 0.0218. The summed E-state index contributed by atoms with van der Waals surface area (Å²) in [7, 11) is 0. The van der Waals surface area contributed by atoms with Crippen molar-refractivity contribution in [3.05, 3.63) is 28.8 Å². The minimum Gasteiger partial charge on any atom is -0.385 e. The van der Waals surface area contributed by atoms with Crippen LogP contribution in [0.3, 0.4) is 0 Å². The van der Waals surface area contributed by atoms with Crippen LogP contribution in [0.1, 0.15) is 17.9 Å². The highest BCUT2D eigenvalue weighted by molar-refractivity contribution is 6.30. The normalized spacial score (nSPS) is 19.8. The van der Waals surface area contributed by atoms with Crippen molar-refractivity contribution in [2.45, 2.75) is 12.3 Å². The number of rotatable bonds is 0. The molecule has 1 aliphatic heterocycles. The summed E-state index contributed by atoms with van der Waals surface area (Å²) in [5.41, 5.74) is 2.07. The van der Waals surface area contributed by atoms with Gasteiger partial charge in [0.25, 0.3) is 0 Å². The second-order valence-corrected chi connectivity index (χ2v) is 3.57. The van der Waals surface area contributed by atoms with Gasteiger partial charge >= 0.3 is 0 Å². The van der Waals surface area contributed by atoms with E-state index < -0.39 is 0 Å². The Hall–Kier alpha value is -1.20. The van der Waals surface area contributed by atoms with Gasteiger partial charge in [-0.05, 0) is 24.1 Å². The van der Waals surface area contributed by atoms with Crippen LogP contribution in [0, 0.1) is 11.3 Å². The Morgan fingerprint density at radius 2 is 2.38 bits per heavy atom. The number of nitrogens with zero attached hydrogens (tertiary/aromatic N) is 1. The van der Waals surface area contributed by atoms with Gasteiger partial charge in [0.1, 0.15) is 0 Å². The number of fused-ring (bicyclic) bond motifs is 1. The van der Waals surface area contributed by atoms with E-state index >= 15 is 0 Å². The Kier molecular flexibility index (Phi) is 2.12. The number of hydrogen-bond donors (Lipinski definition) is 1. The molecule has 2 nitrogen and oxygen atoms in total. The fraction of sp³-hybridized carbons (Fsp3) is 0.300. The van der Waals surface area contributed by atoms with Crippen molar-refractivity contribution in [1.82, 2.24) is 0 Å². The molecule has 0 bridgehead atoms. The van der Waals surface area contributed by atoms with E-state index in [4.69, 9.17) is 16.9 Å². The van der Waals surface area contributed by atoms with Gasteiger partial charge in [0.15, 0.2) is 0 Å². The van der Waals surface area contributed by atoms with Gasteiger partial charge in [-0.25, -0.2) is 0 Å². The van der Waals surface area contributed by atoms with E-state index in [1.165, 1.54) is 0 Å². The minimum atomic E-state index is 0.0218. The van der Waals surface area contributed by atoms with Crippen molar-refractivity contribution < 1.29 is 0 Å². The van der Waals surface area contributed by atoms with Crippen LogP contribution in [0.5, 0.6) is 0 Å². The Labute approximate surface area is 82.1 Å². The number of anilines is 1. The molecule has 66 valence electrons. The summed E-state index contributed by atoms with van der Waals surface area (Å²) in [6.07, 6.45) is 0.880. The van der Waals surface area contributed by atoms with E-state index in [0.717, 1.165) is 24.2 Å². The van der Waals surface area contributed by atoms with E-state index in [1.807, 2.05) is 18.2 Å². The second kappa shape index (κ2) is 3.27. The van der Waals surface area contributed by atoms with Crippen LogP contribution in [0.25, 0.3) is 0 Å². The maximum absolute atomic E-state index is 8.90. The van der Waals surface area contributed by atoms with Crippen LogP contribution >= 0.6 is 11.6 Å². The van der Waals surface area contributed by atoms with Crippen LogP contribution in [0.4, 0.5) is 5.69 Å². The van der Waals surface area contributed by atoms with Gasteiger partial charge in [0.2, 0.25) is 0 Å². The molecule has 1 unspecified atom stereocenters. The molecule has 1 aromatic rings. The average Bonchev–Trinajstić information content (AvgIpc) is 2.16. The van der Waals surface area contributed by atoms with Gasteiger partial charge < -0.3 is 5.32 Å². The average molecular weight is 193 g/mol. The van der Waals surface area contributed by atoms with Crippen LogP contribution in [0.2, 0.25) is 5.02 Å². The van der Waals surface area contributed by atoms with Gasteiger partial charge in [-0.1, -0.05) is 17.7 Å². The van der Waals surface area contributed by atoms with Crippen LogP contribution in [-0.4, -0.2) is 6.54 Å². The summed E-state index contributed by atoms with van der Waals surface area (Å²) >= 11 is 5.84. The molecule has 0 saturated heterocycles. The zero-order chi connectivity index (χ0) is 9.26. The molecule has 1 aromatic carbocycles. The van der Waals surface area contributed by atoms with Gasteiger partial charge in [0.05, 0.1) is 12.0 Å². The molecule has 1 N–H and O–H groups in total. The van der Waals surface area contributed by atoms with Crippen molar-refractivity contribution in [1.29, 1.82) is 5.26 Å². The first-order valence-electron chi connectivity index (χ1n) is 4.24. The van der Waals surface area contributed by atoms with Crippen LogP contribution in [-0.2, 0) is 0 Å². The molecule has 0 aromatic heterocycles. The lowest BCUT2D eigenvalue weighted by Crippen LogP contribution is -2.15.